The van der Waals surface area contributed by atoms with Crippen molar-refractivity contribution in [1.82, 2.24) is 0 Å². The van der Waals surface area contributed by atoms with Crippen molar-refractivity contribution in [2.24, 2.45) is 0 Å². The zero-order valence-corrected chi connectivity index (χ0v) is 11.1. The molecular formula is C11H11BrClNO2. The molecule has 0 spiro atoms. The number of carbonyl (C=O) groups is 1. The summed E-state index contributed by atoms with van der Waals surface area (Å²) in [7, 11) is 1.59. The summed E-state index contributed by atoms with van der Waals surface area (Å²) < 4.78 is 6.09. The molecule has 3 nitrogen and oxygen atoms in total. The molecule has 1 heterocycles. The number of carbonyl (C=O) groups excluding carboxylic acids is 1. The Balaban J connectivity index is 2.43. The third-order valence-corrected chi connectivity index (χ3v) is 3.45. The molecule has 1 aliphatic rings. The Morgan fingerprint density at radius 2 is 2.31 bits per heavy atom. The summed E-state index contributed by atoms with van der Waals surface area (Å²) in [5, 5.41) is -0.121. The molecule has 0 aromatic heterocycles. The van der Waals surface area contributed by atoms with E-state index in [9.17, 15) is 4.79 Å². The van der Waals surface area contributed by atoms with Crippen molar-refractivity contribution in [2.75, 3.05) is 18.6 Å². The van der Waals surface area contributed by atoms with Crippen molar-refractivity contribution in [1.29, 1.82) is 0 Å². The number of benzene rings is 1. The minimum atomic E-state index is -0.121. The van der Waals surface area contributed by atoms with Crippen molar-refractivity contribution < 1.29 is 9.53 Å². The normalized spacial score (nSPS) is 20.3. The summed E-state index contributed by atoms with van der Waals surface area (Å²) in [6.45, 7) is 0.527. The smallest absolute Gasteiger partial charge is 0.228 e. The van der Waals surface area contributed by atoms with Crippen LogP contribution >= 0.6 is 27.5 Å². The Hall–Kier alpha value is -0.740. The van der Waals surface area contributed by atoms with Crippen LogP contribution in [-0.4, -0.2) is 24.9 Å². The number of hydrogen-bond donors (Lipinski definition) is 0. The highest BCUT2D eigenvalue weighted by atomic mass is 79.9. The highest BCUT2D eigenvalue weighted by molar-refractivity contribution is 9.10. The molecule has 0 N–H and O–H groups in total. The molecular weight excluding hydrogens is 293 g/mol. The Morgan fingerprint density at radius 1 is 1.56 bits per heavy atom. The Kier molecular flexibility index (Phi) is 3.40. The van der Waals surface area contributed by atoms with E-state index in [2.05, 4.69) is 15.9 Å². The van der Waals surface area contributed by atoms with Crippen LogP contribution in [0, 0.1) is 0 Å². The molecule has 1 aliphatic heterocycles. The molecule has 16 heavy (non-hydrogen) atoms. The van der Waals surface area contributed by atoms with Crippen LogP contribution in [0.4, 0.5) is 5.69 Å². The number of alkyl halides is 1. The van der Waals surface area contributed by atoms with E-state index in [-0.39, 0.29) is 11.3 Å². The summed E-state index contributed by atoms with van der Waals surface area (Å²) in [5.74, 6) is 0.707. The average Bonchev–Trinajstić information content (AvgIpc) is 2.57. The maximum Gasteiger partial charge on any atom is 0.228 e. The SMILES string of the molecule is COc1cccc(Br)c1N1CC(Cl)CC1=O. The molecule has 1 aromatic carbocycles. The lowest BCUT2D eigenvalue weighted by molar-refractivity contribution is -0.117. The van der Waals surface area contributed by atoms with Crippen molar-refractivity contribution in [3.05, 3.63) is 22.7 Å². The van der Waals surface area contributed by atoms with Crippen LogP contribution in [-0.2, 0) is 4.79 Å². The fourth-order valence-corrected chi connectivity index (χ4v) is 2.63. The molecule has 1 aromatic rings. The van der Waals surface area contributed by atoms with Crippen LogP contribution in [0.1, 0.15) is 6.42 Å². The van der Waals surface area contributed by atoms with E-state index in [0.717, 1.165) is 10.2 Å². The molecule has 1 amide bonds. The topological polar surface area (TPSA) is 29.5 Å². The second-order valence-corrected chi connectivity index (χ2v) is 5.07. The van der Waals surface area contributed by atoms with Gasteiger partial charge in [-0.1, -0.05) is 6.07 Å². The number of ether oxygens (including phenoxy) is 1. The van der Waals surface area contributed by atoms with Crippen LogP contribution in [0.5, 0.6) is 5.75 Å². The Bertz CT molecular complexity index is 424. The minimum absolute atomic E-state index is 0.0326. The molecule has 86 valence electrons. The predicted octanol–water partition coefficient (Wildman–Crippen LogP) is 2.80. The van der Waals surface area contributed by atoms with E-state index in [4.69, 9.17) is 16.3 Å². The summed E-state index contributed by atoms with van der Waals surface area (Å²) in [5.41, 5.74) is 0.762. The zero-order chi connectivity index (χ0) is 11.7. The standard InChI is InChI=1S/C11H11BrClNO2/c1-16-9-4-2-3-8(12)11(9)14-6-7(13)5-10(14)15/h2-4,7H,5-6H2,1H3. The number of para-hydroxylation sites is 1. The minimum Gasteiger partial charge on any atom is -0.495 e. The zero-order valence-electron chi connectivity index (χ0n) is 8.74. The maximum absolute atomic E-state index is 11.8. The van der Waals surface area contributed by atoms with Crippen molar-refractivity contribution in [2.45, 2.75) is 11.8 Å². The average molecular weight is 305 g/mol. The van der Waals surface area contributed by atoms with E-state index in [1.165, 1.54) is 0 Å². The van der Waals surface area contributed by atoms with Crippen molar-refractivity contribution in [3.8, 4) is 5.75 Å². The Labute approximate surface area is 107 Å². The summed E-state index contributed by atoms with van der Waals surface area (Å²) >= 11 is 9.41. The van der Waals surface area contributed by atoms with Gasteiger partial charge in [-0.2, -0.15) is 0 Å². The third kappa shape index (κ3) is 2.04. The van der Waals surface area contributed by atoms with Crippen molar-refractivity contribution in [3.63, 3.8) is 0 Å². The number of anilines is 1. The van der Waals surface area contributed by atoms with E-state index in [1.54, 1.807) is 12.0 Å². The number of amides is 1. The van der Waals surface area contributed by atoms with Crippen LogP contribution in [0.15, 0.2) is 22.7 Å². The van der Waals surface area contributed by atoms with Crippen LogP contribution in [0.3, 0.4) is 0 Å². The van der Waals surface area contributed by atoms with Gasteiger partial charge in [0.15, 0.2) is 0 Å². The highest BCUT2D eigenvalue weighted by Gasteiger charge is 2.31. The Morgan fingerprint density at radius 3 is 2.88 bits per heavy atom. The second-order valence-electron chi connectivity index (χ2n) is 3.60. The number of nitrogens with zero attached hydrogens (tertiary/aromatic N) is 1. The van der Waals surface area contributed by atoms with Gasteiger partial charge < -0.3 is 9.64 Å². The van der Waals surface area contributed by atoms with Crippen molar-refractivity contribution >= 4 is 39.1 Å². The van der Waals surface area contributed by atoms with E-state index in [0.29, 0.717) is 18.7 Å². The molecule has 1 atom stereocenters. The third-order valence-electron chi connectivity index (χ3n) is 2.52. The first-order valence-electron chi connectivity index (χ1n) is 4.90. The van der Waals surface area contributed by atoms with Gasteiger partial charge in [0.2, 0.25) is 5.91 Å². The molecule has 1 unspecified atom stereocenters. The van der Waals surface area contributed by atoms with Gasteiger partial charge in [-0.15, -0.1) is 11.6 Å². The quantitative estimate of drug-likeness (QED) is 0.786. The van der Waals surface area contributed by atoms with Gasteiger partial charge in [0, 0.05) is 17.4 Å². The van der Waals surface area contributed by atoms with Gasteiger partial charge >= 0.3 is 0 Å². The monoisotopic (exact) mass is 303 g/mol. The number of halogens is 2. The highest BCUT2D eigenvalue weighted by Crippen LogP contribution is 2.38. The van der Waals surface area contributed by atoms with E-state index in [1.807, 2.05) is 18.2 Å². The molecule has 5 heteroatoms. The summed E-state index contributed by atoms with van der Waals surface area (Å²) in [4.78, 5) is 13.4. The van der Waals surface area contributed by atoms with Crippen LogP contribution < -0.4 is 9.64 Å². The van der Waals surface area contributed by atoms with Gasteiger partial charge in [-0.25, -0.2) is 0 Å². The van der Waals surface area contributed by atoms with Gasteiger partial charge in [-0.05, 0) is 28.1 Å². The first-order chi connectivity index (χ1) is 7.63. The lowest BCUT2D eigenvalue weighted by Crippen LogP contribution is -2.25. The van der Waals surface area contributed by atoms with Gasteiger partial charge in [0.25, 0.3) is 0 Å². The van der Waals surface area contributed by atoms with Gasteiger partial charge in [0.1, 0.15) is 11.4 Å². The van der Waals surface area contributed by atoms with Gasteiger partial charge in [-0.3, -0.25) is 4.79 Å². The number of methoxy groups -OCH3 is 1. The van der Waals surface area contributed by atoms with Crippen LogP contribution in [0.2, 0.25) is 0 Å². The fourth-order valence-electron chi connectivity index (χ4n) is 1.80. The first-order valence-corrected chi connectivity index (χ1v) is 6.13. The second kappa shape index (κ2) is 4.63. The lowest BCUT2D eigenvalue weighted by Gasteiger charge is -2.20. The predicted molar refractivity (Wildman–Crippen MR) is 67.3 cm³/mol. The molecule has 1 saturated heterocycles. The molecule has 0 bridgehead atoms. The lowest BCUT2D eigenvalue weighted by atomic mass is 10.2. The summed E-state index contributed by atoms with van der Waals surface area (Å²) in [6, 6.07) is 5.58. The fraction of sp³-hybridized carbons (Fsp3) is 0.364. The molecule has 0 saturated carbocycles. The van der Waals surface area contributed by atoms with E-state index < -0.39 is 0 Å². The van der Waals surface area contributed by atoms with E-state index >= 15 is 0 Å². The summed E-state index contributed by atoms with van der Waals surface area (Å²) in [6.07, 6.45) is 0.381. The number of rotatable bonds is 2. The maximum atomic E-state index is 11.8. The molecule has 0 radical (unpaired) electrons. The molecule has 1 fully saturated rings. The van der Waals surface area contributed by atoms with Crippen LogP contribution in [0.25, 0.3) is 0 Å². The van der Waals surface area contributed by atoms with Gasteiger partial charge in [0.05, 0.1) is 12.5 Å². The molecule has 2 rings (SSSR count). The number of hydrogen-bond acceptors (Lipinski definition) is 2. The first kappa shape index (κ1) is 11.7. The molecule has 0 aliphatic carbocycles. The largest absolute Gasteiger partial charge is 0.495 e.